The van der Waals surface area contributed by atoms with E-state index in [1.54, 1.807) is 24.5 Å². The minimum Gasteiger partial charge on any atom is -0.318 e. The van der Waals surface area contributed by atoms with Crippen LogP contribution in [0.2, 0.25) is 0 Å². The minimum absolute atomic E-state index is 0.210. The Hall–Kier alpha value is -3.35. The maximum Gasteiger partial charge on any atom is 0.416 e. The summed E-state index contributed by atoms with van der Waals surface area (Å²) in [6, 6.07) is 16.3. The van der Waals surface area contributed by atoms with Gasteiger partial charge in [0.2, 0.25) is 5.91 Å². The number of rotatable bonds is 5. The van der Waals surface area contributed by atoms with Gasteiger partial charge < -0.3 is 4.57 Å². The van der Waals surface area contributed by atoms with Gasteiger partial charge in [0.05, 0.1) is 18.2 Å². The van der Waals surface area contributed by atoms with E-state index in [2.05, 4.69) is 10.5 Å². The zero-order valence-electron chi connectivity index (χ0n) is 16.0. The van der Waals surface area contributed by atoms with Crippen LogP contribution in [0.25, 0.3) is 5.69 Å². The van der Waals surface area contributed by atoms with E-state index in [1.807, 2.05) is 36.4 Å². The summed E-state index contributed by atoms with van der Waals surface area (Å²) in [5.41, 5.74) is 5.27. The first kappa shape index (κ1) is 20.4. The summed E-state index contributed by atoms with van der Waals surface area (Å²) in [5.74, 6) is -0.251. The van der Waals surface area contributed by atoms with Crippen LogP contribution in [0.1, 0.15) is 28.1 Å². The maximum atomic E-state index is 13.0. The third-order valence-corrected chi connectivity index (χ3v) is 4.50. The molecule has 1 aromatic heterocycles. The molecule has 0 spiro atoms. The number of carbonyl (C=O) groups excluding carboxylic acids is 1. The number of hydrazone groups is 1. The van der Waals surface area contributed by atoms with Crippen molar-refractivity contribution in [2.45, 2.75) is 26.4 Å². The van der Waals surface area contributed by atoms with Crippen molar-refractivity contribution in [1.82, 2.24) is 9.99 Å². The van der Waals surface area contributed by atoms with E-state index in [1.165, 1.54) is 12.3 Å². The fourth-order valence-corrected chi connectivity index (χ4v) is 3.13. The normalized spacial score (nSPS) is 11.8. The Morgan fingerprint density at radius 1 is 1.07 bits per heavy atom. The van der Waals surface area contributed by atoms with Gasteiger partial charge in [0, 0.05) is 22.6 Å². The number of amides is 1. The number of halogens is 3. The Morgan fingerprint density at radius 3 is 2.48 bits per heavy atom. The third-order valence-electron chi connectivity index (χ3n) is 4.50. The molecule has 150 valence electrons. The second-order valence-electron chi connectivity index (χ2n) is 6.67. The highest BCUT2D eigenvalue weighted by molar-refractivity contribution is 5.84. The van der Waals surface area contributed by atoms with Gasteiger partial charge in [0.1, 0.15) is 0 Å². The van der Waals surface area contributed by atoms with E-state index < -0.39 is 11.7 Å². The molecule has 0 atom stereocenters. The summed E-state index contributed by atoms with van der Waals surface area (Å²) in [4.78, 5) is 12.0. The first-order valence-corrected chi connectivity index (χ1v) is 8.98. The van der Waals surface area contributed by atoms with Crippen LogP contribution in [-0.2, 0) is 17.4 Å². The van der Waals surface area contributed by atoms with Crippen LogP contribution >= 0.6 is 0 Å². The Morgan fingerprint density at radius 2 is 1.79 bits per heavy atom. The molecule has 0 bridgehead atoms. The van der Waals surface area contributed by atoms with E-state index in [-0.39, 0.29) is 12.3 Å². The van der Waals surface area contributed by atoms with Crippen molar-refractivity contribution in [2.24, 2.45) is 5.10 Å². The molecule has 3 aromatic rings. The molecule has 1 heterocycles. The minimum atomic E-state index is -4.40. The predicted octanol–water partition coefficient (Wildman–Crippen LogP) is 4.81. The summed E-state index contributed by atoms with van der Waals surface area (Å²) in [5, 5.41) is 3.99. The lowest BCUT2D eigenvalue weighted by molar-refractivity contribution is -0.137. The van der Waals surface area contributed by atoms with Crippen LogP contribution in [0.15, 0.2) is 65.8 Å². The topological polar surface area (TPSA) is 46.4 Å². The van der Waals surface area contributed by atoms with Gasteiger partial charge in [0.25, 0.3) is 0 Å². The molecule has 0 fully saturated rings. The third kappa shape index (κ3) is 4.93. The van der Waals surface area contributed by atoms with Crippen LogP contribution in [0.5, 0.6) is 0 Å². The van der Waals surface area contributed by atoms with Gasteiger partial charge in [0.15, 0.2) is 0 Å². The van der Waals surface area contributed by atoms with Crippen molar-refractivity contribution in [3.63, 3.8) is 0 Å². The van der Waals surface area contributed by atoms with Crippen LogP contribution < -0.4 is 5.43 Å². The molecule has 0 aliphatic rings. The molecule has 1 N–H and O–H groups in total. The number of hydrogen-bond acceptors (Lipinski definition) is 2. The van der Waals surface area contributed by atoms with Gasteiger partial charge in [-0.05, 0) is 43.7 Å². The van der Waals surface area contributed by atoms with Gasteiger partial charge in [-0.15, -0.1) is 0 Å². The SMILES string of the molecule is Cc1cc(C=NNC(=O)Cc2ccccc2)c(C)n1-c1cccc(C(F)(F)F)c1. The van der Waals surface area contributed by atoms with Gasteiger partial charge in [-0.1, -0.05) is 36.4 Å². The number of aryl methyl sites for hydroxylation is 1. The molecule has 0 saturated heterocycles. The number of carbonyl (C=O) groups is 1. The second-order valence-corrected chi connectivity index (χ2v) is 6.67. The van der Waals surface area contributed by atoms with E-state index in [0.29, 0.717) is 11.3 Å². The number of hydrogen-bond donors (Lipinski definition) is 1. The lowest BCUT2D eigenvalue weighted by Gasteiger charge is -2.13. The number of nitrogens with one attached hydrogen (secondary N) is 1. The van der Waals surface area contributed by atoms with E-state index in [4.69, 9.17) is 0 Å². The standard InChI is InChI=1S/C22H20F3N3O/c1-15-11-18(14-26-27-21(29)12-17-7-4-3-5-8-17)16(2)28(15)20-10-6-9-19(13-20)22(23,24)25/h3-11,13-14H,12H2,1-2H3,(H,27,29). The van der Waals surface area contributed by atoms with Crippen molar-refractivity contribution in [3.8, 4) is 5.69 Å². The summed E-state index contributed by atoms with van der Waals surface area (Å²) >= 11 is 0. The van der Waals surface area contributed by atoms with Crippen molar-refractivity contribution >= 4 is 12.1 Å². The highest BCUT2D eigenvalue weighted by atomic mass is 19.4. The number of aromatic nitrogens is 1. The summed E-state index contributed by atoms with van der Waals surface area (Å²) < 4.78 is 40.8. The van der Waals surface area contributed by atoms with Gasteiger partial charge in [-0.3, -0.25) is 4.79 Å². The predicted molar refractivity (Wildman–Crippen MR) is 106 cm³/mol. The highest BCUT2D eigenvalue weighted by Gasteiger charge is 2.30. The largest absolute Gasteiger partial charge is 0.416 e. The molecule has 3 rings (SSSR count). The van der Waals surface area contributed by atoms with Crippen molar-refractivity contribution in [2.75, 3.05) is 0 Å². The Bertz CT molecular complexity index is 1040. The molecule has 0 aliphatic carbocycles. The molecular formula is C22H20F3N3O. The molecule has 0 saturated carbocycles. The van der Waals surface area contributed by atoms with Crippen molar-refractivity contribution in [3.05, 3.63) is 88.7 Å². The first-order valence-electron chi connectivity index (χ1n) is 8.98. The maximum absolute atomic E-state index is 13.0. The molecule has 7 heteroatoms. The van der Waals surface area contributed by atoms with E-state index in [9.17, 15) is 18.0 Å². The van der Waals surface area contributed by atoms with Crippen molar-refractivity contribution in [1.29, 1.82) is 0 Å². The van der Waals surface area contributed by atoms with E-state index >= 15 is 0 Å². The van der Waals surface area contributed by atoms with Crippen LogP contribution in [0.4, 0.5) is 13.2 Å². The first-order chi connectivity index (χ1) is 13.8. The monoisotopic (exact) mass is 399 g/mol. The highest BCUT2D eigenvalue weighted by Crippen LogP contribution is 2.31. The zero-order chi connectivity index (χ0) is 21.0. The summed E-state index contributed by atoms with van der Waals surface area (Å²) in [7, 11) is 0. The summed E-state index contributed by atoms with van der Waals surface area (Å²) in [6.45, 7) is 3.60. The Kier molecular flexibility index (Phi) is 5.87. The zero-order valence-corrected chi connectivity index (χ0v) is 16.0. The Labute approximate surface area is 166 Å². The van der Waals surface area contributed by atoms with Gasteiger partial charge in [-0.25, -0.2) is 5.43 Å². The molecule has 2 aromatic carbocycles. The van der Waals surface area contributed by atoms with Gasteiger partial charge >= 0.3 is 6.18 Å². The molecule has 0 aliphatic heterocycles. The lowest BCUT2D eigenvalue weighted by Crippen LogP contribution is -2.19. The number of benzene rings is 2. The molecular weight excluding hydrogens is 379 g/mol. The van der Waals surface area contributed by atoms with Crippen LogP contribution in [0.3, 0.4) is 0 Å². The Balaban J connectivity index is 1.76. The second kappa shape index (κ2) is 8.34. The fourth-order valence-electron chi connectivity index (χ4n) is 3.13. The van der Waals surface area contributed by atoms with E-state index in [0.717, 1.165) is 29.1 Å². The summed E-state index contributed by atoms with van der Waals surface area (Å²) in [6.07, 6.45) is -2.70. The molecule has 1 amide bonds. The molecule has 4 nitrogen and oxygen atoms in total. The number of nitrogens with zero attached hydrogens (tertiary/aromatic N) is 2. The van der Waals surface area contributed by atoms with Crippen LogP contribution in [-0.4, -0.2) is 16.7 Å². The number of alkyl halides is 3. The quantitative estimate of drug-likeness (QED) is 0.486. The smallest absolute Gasteiger partial charge is 0.318 e. The van der Waals surface area contributed by atoms with Crippen molar-refractivity contribution < 1.29 is 18.0 Å². The van der Waals surface area contributed by atoms with Crippen LogP contribution in [0, 0.1) is 13.8 Å². The lowest BCUT2D eigenvalue weighted by atomic mass is 10.1. The molecule has 0 unspecified atom stereocenters. The molecule has 29 heavy (non-hydrogen) atoms. The van der Waals surface area contributed by atoms with Gasteiger partial charge in [-0.2, -0.15) is 18.3 Å². The average molecular weight is 399 g/mol. The fraction of sp³-hybridized carbons (Fsp3) is 0.182. The average Bonchev–Trinajstić information content (AvgIpc) is 2.95. The molecule has 0 radical (unpaired) electrons.